The third kappa shape index (κ3) is 5.12. The number of amidine groups is 1. The highest BCUT2D eigenvalue weighted by Crippen LogP contribution is 2.33. The summed E-state index contributed by atoms with van der Waals surface area (Å²) in [6.45, 7) is 10.5. The van der Waals surface area contributed by atoms with Gasteiger partial charge in [-0.25, -0.2) is 9.97 Å². The lowest BCUT2D eigenvalue weighted by Crippen LogP contribution is -2.46. The number of likely N-dealkylation sites (N-methyl/N-ethyl adjacent to an activating group) is 1. The van der Waals surface area contributed by atoms with E-state index < -0.39 is 0 Å². The Morgan fingerprint density at radius 3 is 2.49 bits per heavy atom. The number of thioether (sulfide) groups is 1. The number of ether oxygens (including phenoxy) is 1. The monoisotopic (exact) mass is 514 g/mol. The second-order valence-electron chi connectivity index (χ2n) is 9.38. The number of hydrogen-bond acceptors (Lipinski definition) is 8. The minimum Gasteiger partial charge on any atom is -0.378 e. The van der Waals surface area contributed by atoms with Gasteiger partial charge in [0, 0.05) is 55.9 Å². The molecule has 0 atom stereocenters. The van der Waals surface area contributed by atoms with Crippen molar-refractivity contribution in [2.45, 2.75) is 6.92 Å². The molecule has 9 heteroatoms. The molecule has 3 aromatic rings. The van der Waals surface area contributed by atoms with Crippen LogP contribution in [0.25, 0.3) is 28.2 Å². The fourth-order valence-corrected chi connectivity index (χ4v) is 5.95. The fourth-order valence-electron chi connectivity index (χ4n) is 4.99. The molecule has 3 aliphatic rings. The minimum absolute atomic E-state index is 0.188. The van der Waals surface area contributed by atoms with Gasteiger partial charge in [-0.3, -0.25) is 4.79 Å². The number of piperazine rings is 1. The van der Waals surface area contributed by atoms with E-state index >= 15 is 0 Å². The number of aliphatic imine (C=N–C) groups is 1. The first-order valence-corrected chi connectivity index (χ1v) is 13.7. The van der Waals surface area contributed by atoms with Gasteiger partial charge in [0.15, 0.2) is 5.17 Å². The molecule has 0 bridgehead atoms. The largest absolute Gasteiger partial charge is 0.378 e. The Morgan fingerprint density at radius 1 is 0.946 bits per heavy atom. The van der Waals surface area contributed by atoms with Crippen molar-refractivity contribution < 1.29 is 9.53 Å². The van der Waals surface area contributed by atoms with Crippen LogP contribution in [0.4, 0.5) is 5.69 Å². The Balaban J connectivity index is 1.24. The predicted molar refractivity (Wildman–Crippen MR) is 150 cm³/mol. The molecule has 0 N–H and O–H groups in total. The molecule has 0 saturated carbocycles. The van der Waals surface area contributed by atoms with Crippen molar-refractivity contribution in [1.29, 1.82) is 0 Å². The molecule has 1 aromatic heterocycles. The topological polar surface area (TPSA) is 74.2 Å². The molecule has 3 aliphatic heterocycles. The summed E-state index contributed by atoms with van der Waals surface area (Å²) in [5.41, 5.74) is 5.00. The number of fused-ring (bicyclic) bond motifs is 1. The van der Waals surface area contributed by atoms with Gasteiger partial charge in [-0.2, -0.15) is 4.99 Å². The van der Waals surface area contributed by atoms with E-state index in [0.717, 1.165) is 78.7 Å². The van der Waals surface area contributed by atoms with Crippen LogP contribution in [0.5, 0.6) is 0 Å². The minimum atomic E-state index is -0.188. The summed E-state index contributed by atoms with van der Waals surface area (Å²) in [6, 6.07) is 14.7. The molecule has 190 valence electrons. The van der Waals surface area contributed by atoms with E-state index in [1.807, 2.05) is 18.2 Å². The van der Waals surface area contributed by atoms with E-state index in [4.69, 9.17) is 4.74 Å². The van der Waals surface area contributed by atoms with Crippen molar-refractivity contribution in [3.05, 3.63) is 59.3 Å². The molecular formula is C28H30N6O2S. The number of aromatic nitrogens is 2. The normalized spacial score (nSPS) is 20.2. The van der Waals surface area contributed by atoms with Gasteiger partial charge < -0.3 is 19.4 Å². The van der Waals surface area contributed by atoms with Gasteiger partial charge in [-0.05, 0) is 54.2 Å². The quantitative estimate of drug-likeness (QED) is 0.488. The third-order valence-electron chi connectivity index (χ3n) is 7.17. The molecule has 8 nitrogen and oxygen atoms in total. The van der Waals surface area contributed by atoms with E-state index in [2.05, 4.69) is 66.9 Å². The van der Waals surface area contributed by atoms with Crippen molar-refractivity contribution >= 4 is 45.5 Å². The van der Waals surface area contributed by atoms with Crippen molar-refractivity contribution in [2.75, 3.05) is 63.9 Å². The molecule has 4 heterocycles. The number of amides is 1. The van der Waals surface area contributed by atoms with Crippen molar-refractivity contribution in [3.63, 3.8) is 0 Å². The summed E-state index contributed by atoms with van der Waals surface area (Å²) in [5, 5.41) is 1.73. The van der Waals surface area contributed by atoms with Crippen LogP contribution in [-0.2, 0) is 9.53 Å². The average Bonchev–Trinajstić information content (AvgIpc) is 3.33. The maximum atomic E-state index is 12.6. The van der Waals surface area contributed by atoms with Crippen LogP contribution >= 0.6 is 11.8 Å². The number of anilines is 1. The van der Waals surface area contributed by atoms with Gasteiger partial charge in [0.05, 0.1) is 29.3 Å². The molecule has 0 radical (unpaired) electrons. The van der Waals surface area contributed by atoms with Crippen LogP contribution in [0, 0.1) is 0 Å². The molecule has 2 saturated heterocycles. The molecule has 0 unspecified atom stereocenters. The first-order valence-electron chi connectivity index (χ1n) is 12.9. The second kappa shape index (κ2) is 10.6. The highest BCUT2D eigenvalue weighted by molar-refractivity contribution is 8.18. The van der Waals surface area contributed by atoms with Gasteiger partial charge in [0.25, 0.3) is 5.91 Å². The van der Waals surface area contributed by atoms with Gasteiger partial charge in [0.1, 0.15) is 6.33 Å². The van der Waals surface area contributed by atoms with Gasteiger partial charge >= 0.3 is 0 Å². The number of morpholine rings is 1. The Labute approximate surface area is 221 Å². The van der Waals surface area contributed by atoms with Crippen molar-refractivity contribution in [1.82, 2.24) is 19.8 Å². The van der Waals surface area contributed by atoms with Crippen LogP contribution in [0.2, 0.25) is 0 Å². The molecule has 1 amide bonds. The van der Waals surface area contributed by atoms with Crippen LogP contribution in [-0.4, -0.2) is 89.9 Å². The van der Waals surface area contributed by atoms with E-state index in [1.54, 1.807) is 6.33 Å². The summed E-state index contributed by atoms with van der Waals surface area (Å²) in [4.78, 5) is 33.7. The first kappa shape index (κ1) is 24.1. The lowest BCUT2D eigenvalue weighted by molar-refractivity contribution is -0.113. The highest BCUT2D eigenvalue weighted by Gasteiger charge is 2.27. The summed E-state index contributed by atoms with van der Waals surface area (Å²) in [7, 11) is 0. The second-order valence-corrected chi connectivity index (χ2v) is 10.4. The molecular weight excluding hydrogens is 484 g/mol. The Hall–Kier alpha value is -3.27. The van der Waals surface area contributed by atoms with E-state index in [0.29, 0.717) is 18.1 Å². The number of rotatable bonds is 4. The summed E-state index contributed by atoms with van der Waals surface area (Å²) >= 11 is 1.44. The summed E-state index contributed by atoms with van der Waals surface area (Å²) in [6.07, 6.45) is 3.53. The maximum absolute atomic E-state index is 12.6. The number of benzene rings is 2. The number of carbonyl (C=O) groups excluding carboxylic acids is 1. The van der Waals surface area contributed by atoms with Crippen LogP contribution < -0.4 is 4.90 Å². The lowest BCUT2D eigenvalue weighted by Gasteiger charge is -2.35. The molecule has 2 fully saturated rings. The number of nitrogens with zero attached hydrogens (tertiary/aromatic N) is 6. The van der Waals surface area contributed by atoms with Gasteiger partial charge in [-0.15, -0.1) is 0 Å². The zero-order valence-electron chi connectivity index (χ0n) is 21.0. The maximum Gasteiger partial charge on any atom is 0.286 e. The van der Waals surface area contributed by atoms with E-state index in [9.17, 15) is 4.79 Å². The van der Waals surface area contributed by atoms with Gasteiger partial charge in [0.2, 0.25) is 0 Å². The van der Waals surface area contributed by atoms with Crippen LogP contribution in [0.3, 0.4) is 0 Å². The third-order valence-corrected chi connectivity index (χ3v) is 8.22. The molecule has 2 aromatic carbocycles. The standard InChI is InChI=1S/C28H30N6O2S/c1-2-32-9-11-33(12-10-32)22-6-4-21(5-7-22)26-23-17-20(3-8-24(23)29-19-30-26)18-25-27(35)31-28(37-25)34-13-15-36-16-14-34/h3-8,17-19H,2,9-16H2,1H3. The molecule has 0 spiro atoms. The van der Waals surface area contributed by atoms with E-state index in [1.165, 1.54) is 17.4 Å². The summed E-state index contributed by atoms with van der Waals surface area (Å²) < 4.78 is 5.42. The number of hydrogen-bond donors (Lipinski definition) is 0. The van der Waals surface area contributed by atoms with Crippen molar-refractivity contribution in [2.24, 2.45) is 4.99 Å². The van der Waals surface area contributed by atoms with E-state index in [-0.39, 0.29) is 5.91 Å². The highest BCUT2D eigenvalue weighted by atomic mass is 32.2. The molecule has 6 rings (SSSR count). The predicted octanol–water partition coefficient (Wildman–Crippen LogP) is 3.74. The van der Waals surface area contributed by atoms with Crippen LogP contribution in [0.15, 0.2) is 58.7 Å². The fraction of sp³-hybridized carbons (Fsp3) is 0.357. The Morgan fingerprint density at radius 2 is 1.73 bits per heavy atom. The lowest BCUT2D eigenvalue weighted by atomic mass is 10.0. The zero-order chi connectivity index (χ0) is 25.2. The average molecular weight is 515 g/mol. The zero-order valence-corrected chi connectivity index (χ0v) is 21.8. The SMILES string of the molecule is CCN1CCN(c2ccc(-c3ncnc4ccc(C=C5SC(N6CCOCC6)=NC5=O)cc34)cc2)CC1. The van der Waals surface area contributed by atoms with Crippen LogP contribution in [0.1, 0.15) is 12.5 Å². The number of carbonyl (C=O) groups is 1. The van der Waals surface area contributed by atoms with Gasteiger partial charge in [-0.1, -0.05) is 25.1 Å². The summed E-state index contributed by atoms with van der Waals surface area (Å²) in [5.74, 6) is -0.188. The Kier molecular flexibility index (Phi) is 6.91. The molecule has 37 heavy (non-hydrogen) atoms. The first-order chi connectivity index (χ1) is 18.2. The Bertz CT molecular complexity index is 1360. The smallest absolute Gasteiger partial charge is 0.286 e. The van der Waals surface area contributed by atoms with Crippen molar-refractivity contribution in [3.8, 4) is 11.3 Å². The molecule has 0 aliphatic carbocycles.